The molecule has 10 heteroatoms. The molecule has 0 spiro atoms. The van der Waals surface area contributed by atoms with Crippen LogP contribution in [0.25, 0.3) is 0 Å². The minimum Gasteiger partial charge on any atom is -0.489 e. The molecule has 0 heterocycles. The molecule has 46 heavy (non-hydrogen) atoms. The molecule has 0 fully saturated rings. The van der Waals surface area contributed by atoms with Gasteiger partial charge in [0.2, 0.25) is 12.3 Å². The molecule has 0 aliphatic rings. The largest absolute Gasteiger partial charge is 0.489 e. The average molecular weight is 625 g/mol. The van der Waals surface area contributed by atoms with Crippen molar-refractivity contribution in [2.24, 2.45) is 0 Å². The molecule has 0 saturated carbocycles. The van der Waals surface area contributed by atoms with Crippen LogP contribution in [0.3, 0.4) is 0 Å². The summed E-state index contributed by atoms with van der Waals surface area (Å²) in [4.78, 5) is 25.6. The molecule has 238 valence electrons. The Morgan fingerprint density at radius 2 is 1.63 bits per heavy atom. The van der Waals surface area contributed by atoms with E-state index in [1.165, 1.54) is 6.92 Å². The van der Waals surface area contributed by atoms with E-state index in [1.807, 2.05) is 43.3 Å². The minimum atomic E-state index is -1.48. The number of carbonyl (C=O) groups excluding carboxylic acids is 1. The van der Waals surface area contributed by atoms with Gasteiger partial charge in [0.05, 0.1) is 11.6 Å². The maximum Gasteiger partial charge on any atom is 0.330 e. The van der Waals surface area contributed by atoms with Crippen molar-refractivity contribution in [2.45, 2.75) is 51.7 Å². The van der Waals surface area contributed by atoms with Crippen LogP contribution >= 0.6 is 0 Å². The van der Waals surface area contributed by atoms with Crippen LogP contribution in [-0.2, 0) is 22.7 Å². The number of carboxylic acid groups (broad SMARTS) is 1. The van der Waals surface area contributed by atoms with Gasteiger partial charge in [0.25, 0.3) is 0 Å². The van der Waals surface area contributed by atoms with Crippen molar-refractivity contribution < 1.29 is 28.6 Å². The second kappa shape index (κ2) is 16.1. The third-order valence-electron chi connectivity index (χ3n) is 7.20. The quantitative estimate of drug-likeness (QED) is 0.112. The fourth-order valence-electron chi connectivity index (χ4n) is 4.97. The number of ether oxygens (including phenoxy) is 2. The van der Waals surface area contributed by atoms with Gasteiger partial charge in [0.15, 0.2) is 6.04 Å². The van der Waals surface area contributed by atoms with Crippen molar-refractivity contribution in [2.75, 3.05) is 17.7 Å². The summed E-state index contributed by atoms with van der Waals surface area (Å²) >= 11 is 0. The molecule has 0 aromatic heterocycles. The lowest BCUT2D eigenvalue weighted by molar-refractivity contribution is -0.138. The van der Waals surface area contributed by atoms with E-state index in [0.29, 0.717) is 51.7 Å². The molecule has 3 atom stereocenters. The molecule has 0 saturated heterocycles. The molecule has 4 aromatic carbocycles. The number of carbonyl (C=O) groups is 2. The number of hydrogen-bond donors (Lipinski definition) is 4. The monoisotopic (exact) mass is 624 g/mol. The number of aliphatic carboxylic acids is 1. The van der Waals surface area contributed by atoms with Crippen molar-refractivity contribution in [1.29, 1.82) is 5.26 Å². The van der Waals surface area contributed by atoms with Crippen LogP contribution in [0, 0.1) is 11.3 Å². The third-order valence-corrected chi connectivity index (χ3v) is 7.20. The van der Waals surface area contributed by atoms with Gasteiger partial charge in [-0.3, -0.25) is 4.79 Å². The highest BCUT2D eigenvalue weighted by atomic mass is 19.1. The maximum atomic E-state index is 13.5. The number of amides is 1. The number of anilines is 2. The molecule has 9 nitrogen and oxygen atoms in total. The summed E-state index contributed by atoms with van der Waals surface area (Å²) in [5.41, 5.74) is 4.34. The Hall–Kier alpha value is -5.40. The third kappa shape index (κ3) is 9.30. The van der Waals surface area contributed by atoms with Crippen LogP contribution in [0.4, 0.5) is 15.8 Å². The summed E-state index contributed by atoms with van der Waals surface area (Å²) in [6, 6.07) is 27.3. The highest BCUT2D eigenvalue weighted by molar-refractivity contribution is 5.91. The van der Waals surface area contributed by atoms with Crippen molar-refractivity contribution in [1.82, 2.24) is 5.32 Å². The SMILES string of the molecule is CNCc1cc(NC(=O)CC(C)c2cc(C(Nc3ccc(C#N)cc3)C(=O)O)ccc2OCc2ccccc2)ccc1OC(C)F. The Labute approximate surface area is 268 Å². The second-order valence-electron chi connectivity index (χ2n) is 10.8. The van der Waals surface area contributed by atoms with Crippen LogP contribution in [0.1, 0.15) is 60.0 Å². The summed E-state index contributed by atoms with van der Waals surface area (Å²) in [5.74, 6) is -0.795. The number of halogens is 1. The predicted octanol–water partition coefficient (Wildman–Crippen LogP) is 6.92. The number of nitrogens with one attached hydrogen (secondary N) is 3. The van der Waals surface area contributed by atoms with Gasteiger partial charge < -0.3 is 30.5 Å². The molecule has 4 rings (SSSR count). The van der Waals surface area contributed by atoms with Gasteiger partial charge >= 0.3 is 5.97 Å². The first-order chi connectivity index (χ1) is 22.2. The van der Waals surface area contributed by atoms with Crippen LogP contribution in [0.2, 0.25) is 0 Å². The molecular weight excluding hydrogens is 587 g/mol. The van der Waals surface area contributed by atoms with Gasteiger partial charge in [-0.15, -0.1) is 0 Å². The predicted molar refractivity (Wildman–Crippen MR) is 174 cm³/mol. The lowest BCUT2D eigenvalue weighted by Crippen LogP contribution is -2.21. The topological polar surface area (TPSA) is 133 Å². The Bertz CT molecular complexity index is 1670. The van der Waals surface area contributed by atoms with Gasteiger partial charge in [0, 0.05) is 36.8 Å². The van der Waals surface area contributed by atoms with Gasteiger partial charge in [-0.2, -0.15) is 5.26 Å². The zero-order valence-corrected chi connectivity index (χ0v) is 25.9. The Kier molecular flexibility index (Phi) is 11.7. The summed E-state index contributed by atoms with van der Waals surface area (Å²) < 4.78 is 24.9. The zero-order chi connectivity index (χ0) is 33.1. The van der Waals surface area contributed by atoms with Gasteiger partial charge in [-0.05, 0) is 84.3 Å². The second-order valence-corrected chi connectivity index (χ2v) is 10.8. The van der Waals surface area contributed by atoms with E-state index in [0.717, 1.165) is 5.56 Å². The lowest BCUT2D eigenvalue weighted by Gasteiger charge is -2.22. The number of nitriles is 1. The molecular formula is C36H37FN4O5. The average Bonchev–Trinajstić information content (AvgIpc) is 3.04. The number of rotatable bonds is 15. The highest BCUT2D eigenvalue weighted by Gasteiger charge is 2.24. The molecule has 4 N–H and O–H groups in total. The van der Waals surface area contributed by atoms with Crippen molar-refractivity contribution in [3.8, 4) is 17.6 Å². The molecule has 0 bridgehead atoms. The fourth-order valence-corrected chi connectivity index (χ4v) is 4.97. The molecule has 3 unspecified atom stereocenters. The molecule has 4 aromatic rings. The summed E-state index contributed by atoms with van der Waals surface area (Å²) in [6.07, 6.45) is -1.40. The molecule has 0 aliphatic heterocycles. The van der Waals surface area contributed by atoms with E-state index in [-0.39, 0.29) is 24.9 Å². The van der Waals surface area contributed by atoms with Gasteiger partial charge in [0.1, 0.15) is 18.1 Å². The maximum absolute atomic E-state index is 13.5. The normalized spacial score (nSPS) is 12.7. The van der Waals surface area contributed by atoms with Crippen molar-refractivity contribution in [3.05, 3.63) is 119 Å². The van der Waals surface area contributed by atoms with E-state index < -0.39 is 18.4 Å². The van der Waals surface area contributed by atoms with Crippen LogP contribution in [-0.4, -0.2) is 30.4 Å². The summed E-state index contributed by atoms with van der Waals surface area (Å²) in [5, 5.41) is 28.2. The number of carboxylic acids is 1. The first-order valence-corrected chi connectivity index (χ1v) is 14.8. The minimum absolute atomic E-state index is 0.0765. The number of benzene rings is 4. The standard InChI is InChI=1S/C36H37FN4O5/c1-23(17-34(42)40-30-14-16-32(46-24(2)37)28(18-30)21-39-3)31-19-27(11-15-33(31)45-22-26-7-5-4-6-8-26)35(36(43)44)41-29-12-9-25(20-38)10-13-29/h4-16,18-19,23-24,35,39,41H,17,21-22H2,1-3H3,(H,40,42)(H,43,44). The highest BCUT2D eigenvalue weighted by Crippen LogP contribution is 2.34. The Morgan fingerprint density at radius 3 is 2.28 bits per heavy atom. The first-order valence-electron chi connectivity index (χ1n) is 14.8. The fraction of sp³-hybridized carbons (Fsp3) is 0.250. The van der Waals surface area contributed by atoms with E-state index in [9.17, 15) is 19.1 Å². The van der Waals surface area contributed by atoms with E-state index in [2.05, 4.69) is 16.0 Å². The smallest absolute Gasteiger partial charge is 0.330 e. The Morgan fingerprint density at radius 1 is 0.935 bits per heavy atom. The Balaban J connectivity index is 1.58. The van der Waals surface area contributed by atoms with E-state index in [4.69, 9.17) is 14.7 Å². The number of alkyl halides is 1. The van der Waals surface area contributed by atoms with Crippen LogP contribution in [0.15, 0.2) is 91.0 Å². The molecule has 0 radical (unpaired) electrons. The van der Waals surface area contributed by atoms with Crippen LogP contribution in [0.5, 0.6) is 11.5 Å². The number of hydrogen-bond acceptors (Lipinski definition) is 7. The molecule has 0 aliphatic carbocycles. The zero-order valence-electron chi connectivity index (χ0n) is 25.9. The van der Waals surface area contributed by atoms with E-state index >= 15 is 0 Å². The van der Waals surface area contributed by atoms with Crippen molar-refractivity contribution >= 4 is 23.3 Å². The summed E-state index contributed by atoms with van der Waals surface area (Å²) in [7, 11) is 1.76. The summed E-state index contributed by atoms with van der Waals surface area (Å²) in [6.45, 7) is 3.88. The van der Waals surface area contributed by atoms with Gasteiger partial charge in [-0.25, -0.2) is 9.18 Å². The van der Waals surface area contributed by atoms with Gasteiger partial charge in [-0.1, -0.05) is 43.3 Å². The number of nitrogens with zero attached hydrogens (tertiary/aromatic N) is 1. The molecule has 1 amide bonds. The van der Waals surface area contributed by atoms with Crippen LogP contribution < -0.4 is 25.4 Å². The van der Waals surface area contributed by atoms with Crippen molar-refractivity contribution in [3.63, 3.8) is 0 Å². The first kappa shape index (κ1) is 33.5. The lowest BCUT2D eigenvalue weighted by atomic mass is 9.92. The van der Waals surface area contributed by atoms with E-state index in [1.54, 1.807) is 67.7 Å².